The molecular weight excluding hydrogens is 443 g/mol. The molecule has 0 bridgehead atoms. The molecule has 3 heterocycles. The second-order valence-electron chi connectivity index (χ2n) is 7.01. The number of alkyl halides is 3. The maximum Gasteiger partial charge on any atom is 0.416 e. The Morgan fingerprint density at radius 1 is 1.12 bits per heavy atom. The Hall–Kier alpha value is -4.29. The molecule has 0 aliphatic rings. The average molecular weight is 460 g/mol. The number of nitrogens with one attached hydrogen (secondary N) is 2. The number of hydrogen-bond donors (Lipinski definition) is 2. The topological polar surface area (TPSA) is 123 Å². The van der Waals surface area contributed by atoms with Crippen molar-refractivity contribution in [2.45, 2.75) is 26.6 Å². The lowest BCUT2D eigenvalue weighted by Crippen LogP contribution is -2.35. The van der Waals surface area contributed by atoms with Crippen LogP contribution in [0.3, 0.4) is 0 Å². The molecule has 4 aromatic rings. The summed E-state index contributed by atoms with van der Waals surface area (Å²) in [5.74, 6) is 0.624. The number of hydrogen-bond acceptors (Lipinski definition) is 7. The van der Waals surface area contributed by atoms with E-state index in [-0.39, 0.29) is 18.1 Å². The van der Waals surface area contributed by atoms with Gasteiger partial charge in [0.05, 0.1) is 34.9 Å². The van der Waals surface area contributed by atoms with Crippen molar-refractivity contribution < 1.29 is 31.7 Å². The molecule has 4 rings (SSSR count). The second kappa shape index (κ2) is 8.68. The van der Waals surface area contributed by atoms with E-state index in [4.69, 9.17) is 9.05 Å². The van der Waals surface area contributed by atoms with Crippen LogP contribution in [-0.4, -0.2) is 26.4 Å². The van der Waals surface area contributed by atoms with Crippen molar-refractivity contribution in [1.82, 2.24) is 20.4 Å². The maximum atomic E-state index is 12.8. The fourth-order valence-corrected chi connectivity index (χ4v) is 3.04. The fraction of sp³-hybridized carbons (Fsp3) is 0.200. The van der Waals surface area contributed by atoms with Crippen molar-refractivity contribution >= 4 is 17.6 Å². The molecule has 0 aliphatic carbocycles. The third-order valence-corrected chi connectivity index (χ3v) is 4.51. The summed E-state index contributed by atoms with van der Waals surface area (Å²) in [5.41, 5.74) is 1.78. The smallest absolute Gasteiger partial charge is 0.361 e. The molecule has 13 heteroatoms. The number of urea groups is 1. The highest BCUT2D eigenvalue weighted by Crippen LogP contribution is 2.30. The standard InChI is InChI=1S/C20H16F3N7O3/c1-11-18(12(2)32-28-11)16-8-24-15(7-25-16)9-30-10-17(33-29-30)27-19(31)26-14-5-3-4-13(6-14)20(21,22)23/h3-8,10H,9H2,1-2H3,(H-,26,27,29,31)/p+1. The summed E-state index contributed by atoms with van der Waals surface area (Å²) in [6, 6.07) is 3.47. The zero-order valence-electron chi connectivity index (χ0n) is 17.3. The summed E-state index contributed by atoms with van der Waals surface area (Å²) in [6.45, 7) is 3.80. The minimum Gasteiger partial charge on any atom is -0.361 e. The number of aryl methyl sites for hydroxylation is 2. The Labute approximate surface area is 184 Å². The van der Waals surface area contributed by atoms with E-state index in [2.05, 4.69) is 31.0 Å². The van der Waals surface area contributed by atoms with Crippen LogP contribution in [-0.2, 0) is 12.7 Å². The van der Waals surface area contributed by atoms with Crippen molar-refractivity contribution in [3.05, 3.63) is 65.6 Å². The number of rotatable bonds is 5. The van der Waals surface area contributed by atoms with E-state index in [9.17, 15) is 18.0 Å². The fourth-order valence-electron chi connectivity index (χ4n) is 3.04. The molecule has 0 atom stereocenters. The lowest BCUT2D eigenvalue weighted by molar-refractivity contribution is -0.755. The van der Waals surface area contributed by atoms with E-state index in [0.29, 0.717) is 22.8 Å². The van der Waals surface area contributed by atoms with Gasteiger partial charge in [0.2, 0.25) is 11.8 Å². The molecule has 1 aromatic carbocycles. The lowest BCUT2D eigenvalue weighted by Gasteiger charge is -2.09. The predicted octanol–water partition coefficient (Wildman–Crippen LogP) is 3.74. The van der Waals surface area contributed by atoms with Gasteiger partial charge in [0.1, 0.15) is 11.5 Å². The summed E-state index contributed by atoms with van der Waals surface area (Å²) in [6.07, 6.45) is 0.0366. The van der Waals surface area contributed by atoms with Gasteiger partial charge >= 0.3 is 18.1 Å². The van der Waals surface area contributed by atoms with Gasteiger partial charge in [0.15, 0.2) is 0 Å². The summed E-state index contributed by atoms with van der Waals surface area (Å²) in [4.78, 5) is 20.8. The molecule has 2 N–H and O–H groups in total. The van der Waals surface area contributed by atoms with Crippen LogP contribution >= 0.6 is 0 Å². The van der Waals surface area contributed by atoms with E-state index in [0.717, 1.165) is 17.7 Å². The van der Waals surface area contributed by atoms with Gasteiger partial charge in [-0.1, -0.05) is 11.2 Å². The first-order valence-corrected chi connectivity index (χ1v) is 9.55. The second-order valence-corrected chi connectivity index (χ2v) is 7.01. The van der Waals surface area contributed by atoms with Crippen LogP contribution < -0.4 is 15.3 Å². The van der Waals surface area contributed by atoms with E-state index in [1.165, 1.54) is 23.0 Å². The van der Waals surface area contributed by atoms with Gasteiger partial charge < -0.3 is 9.84 Å². The van der Waals surface area contributed by atoms with Crippen LogP contribution in [0, 0.1) is 13.8 Å². The van der Waals surface area contributed by atoms with Crippen LogP contribution in [0.5, 0.6) is 0 Å². The largest absolute Gasteiger partial charge is 0.416 e. The molecule has 170 valence electrons. The van der Waals surface area contributed by atoms with E-state index < -0.39 is 17.8 Å². The molecule has 33 heavy (non-hydrogen) atoms. The SMILES string of the molecule is Cc1noc(C)c1-c1cnc(C[n+]2cc(NC(=O)Nc3cccc(C(F)(F)F)c3)on2)cn1. The number of nitrogens with zero attached hydrogens (tertiary/aromatic N) is 5. The maximum absolute atomic E-state index is 12.8. The Morgan fingerprint density at radius 2 is 1.94 bits per heavy atom. The Bertz CT molecular complexity index is 1260. The van der Waals surface area contributed by atoms with Crippen molar-refractivity contribution in [3.63, 3.8) is 0 Å². The number of anilines is 2. The molecule has 0 spiro atoms. The minimum absolute atomic E-state index is 0.0141. The average Bonchev–Trinajstić information content (AvgIpc) is 3.33. The summed E-state index contributed by atoms with van der Waals surface area (Å²) in [5, 5.41) is 12.3. The molecule has 0 unspecified atom stereocenters. The van der Waals surface area contributed by atoms with Gasteiger partial charge in [-0.3, -0.25) is 19.8 Å². The Kier molecular flexibility index (Phi) is 5.77. The van der Waals surface area contributed by atoms with Gasteiger partial charge in [-0.2, -0.15) is 13.2 Å². The van der Waals surface area contributed by atoms with Crippen LogP contribution in [0.15, 0.2) is 51.9 Å². The summed E-state index contributed by atoms with van der Waals surface area (Å²) >= 11 is 0. The highest BCUT2D eigenvalue weighted by atomic mass is 19.4. The molecule has 0 saturated heterocycles. The van der Waals surface area contributed by atoms with Crippen LogP contribution in [0.4, 0.5) is 29.5 Å². The first-order chi connectivity index (χ1) is 15.7. The van der Waals surface area contributed by atoms with Crippen LogP contribution in [0.1, 0.15) is 22.7 Å². The zero-order valence-corrected chi connectivity index (χ0v) is 17.3. The van der Waals surface area contributed by atoms with Gasteiger partial charge in [0.25, 0.3) is 6.20 Å². The molecule has 2 amide bonds. The molecule has 0 saturated carbocycles. The predicted molar refractivity (Wildman–Crippen MR) is 107 cm³/mol. The molecular formula is C20H17F3N7O3+. The highest BCUT2D eigenvalue weighted by Gasteiger charge is 2.30. The first-order valence-electron chi connectivity index (χ1n) is 9.55. The molecule has 0 radical (unpaired) electrons. The Balaban J connectivity index is 1.37. The third kappa shape index (κ3) is 5.14. The number of halogens is 3. The number of amides is 2. The van der Waals surface area contributed by atoms with Crippen LogP contribution in [0.2, 0.25) is 0 Å². The number of aromatic nitrogens is 5. The van der Waals surface area contributed by atoms with Gasteiger partial charge in [-0.15, -0.1) is 0 Å². The summed E-state index contributed by atoms with van der Waals surface area (Å²) in [7, 11) is 0. The number of carbonyl (C=O) groups is 1. The highest BCUT2D eigenvalue weighted by molar-refractivity contribution is 5.98. The molecule has 0 aliphatic heterocycles. The number of benzene rings is 1. The monoisotopic (exact) mass is 460 g/mol. The van der Waals surface area contributed by atoms with Gasteiger partial charge in [0, 0.05) is 5.69 Å². The van der Waals surface area contributed by atoms with Gasteiger partial charge in [-0.05, 0) is 36.7 Å². The number of carbonyl (C=O) groups excluding carboxylic acids is 1. The van der Waals surface area contributed by atoms with E-state index in [1.807, 2.05) is 6.92 Å². The van der Waals surface area contributed by atoms with E-state index in [1.54, 1.807) is 19.3 Å². The van der Waals surface area contributed by atoms with Gasteiger partial charge in [-0.25, -0.2) is 4.79 Å². The molecule has 0 fully saturated rings. The Morgan fingerprint density at radius 3 is 2.61 bits per heavy atom. The first kappa shape index (κ1) is 21.9. The zero-order chi connectivity index (χ0) is 23.6. The van der Waals surface area contributed by atoms with Crippen molar-refractivity contribution in [2.24, 2.45) is 0 Å². The van der Waals surface area contributed by atoms with Crippen molar-refractivity contribution in [1.29, 1.82) is 0 Å². The van der Waals surface area contributed by atoms with Crippen molar-refractivity contribution in [3.8, 4) is 11.3 Å². The normalized spacial score (nSPS) is 11.4. The summed E-state index contributed by atoms with van der Waals surface area (Å²) < 4.78 is 49.9. The van der Waals surface area contributed by atoms with E-state index >= 15 is 0 Å². The molecule has 3 aromatic heterocycles. The quantitative estimate of drug-likeness (QED) is 0.435. The van der Waals surface area contributed by atoms with Crippen LogP contribution in [0.25, 0.3) is 11.3 Å². The lowest BCUT2D eigenvalue weighted by atomic mass is 10.1. The third-order valence-electron chi connectivity index (χ3n) is 4.51. The minimum atomic E-state index is -4.52. The van der Waals surface area contributed by atoms with Crippen molar-refractivity contribution in [2.75, 3.05) is 10.6 Å². The molecule has 10 nitrogen and oxygen atoms in total.